The monoisotopic (exact) mass is 343 g/mol. The van der Waals surface area contributed by atoms with Crippen LogP contribution in [0.1, 0.15) is 41.1 Å². The zero-order valence-electron chi connectivity index (χ0n) is 14.3. The van der Waals surface area contributed by atoms with E-state index in [1.54, 1.807) is 17.9 Å². The zero-order chi connectivity index (χ0) is 17.8. The second-order valence-corrected chi connectivity index (χ2v) is 6.11. The van der Waals surface area contributed by atoms with Crippen molar-refractivity contribution in [3.8, 4) is 0 Å². The van der Waals surface area contributed by atoms with Crippen LogP contribution in [0.2, 0.25) is 0 Å². The maximum atomic E-state index is 12.2. The number of hydrogen-bond donors (Lipinski definition) is 0. The van der Waals surface area contributed by atoms with Crippen LogP contribution in [0.3, 0.4) is 0 Å². The molecular formula is C19H21NO5. The number of amides is 1. The lowest BCUT2D eigenvalue weighted by Gasteiger charge is -2.20. The van der Waals surface area contributed by atoms with Gasteiger partial charge in [-0.1, -0.05) is 30.3 Å². The van der Waals surface area contributed by atoms with Gasteiger partial charge in [-0.15, -0.1) is 0 Å². The van der Waals surface area contributed by atoms with Crippen molar-refractivity contribution in [2.45, 2.75) is 32.5 Å². The van der Waals surface area contributed by atoms with Gasteiger partial charge in [0.15, 0.2) is 0 Å². The summed E-state index contributed by atoms with van der Waals surface area (Å²) in [5.41, 5.74) is 1.21. The molecule has 0 aliphatic carbocycles. The van der Waals surface area contributed by atoms with E-state index in [1.807, 2.05) is 18.2 Å². The highest BCUT2D eigenvalue weighted by atomic mass is 16.7. The summed E-state index contributed by atoms with van der Waals surface area (Å²) in [4.78, 5) is 25.8. The average Bonchev–Trinajstić information content (AvgIpc) is 3.24. The molecule has 2 unspecified atom stereocenters. The zero-order valence-corrected chi connectivity index (χ0v) is 14.3. The normalized spacial score (nSPS) is 18.0. The van der Waals surface area contributed by atoms with Crippen LogP contribution in [0, 0.1) is 6.92 Å². The van der Waals surface area contributed by atoms with Crippen LogP contribution in [-0.2, 0) is 9.47 Å². The highest BCUT2D eigenvalue weighted by molar-refractivity contribution is 5.86. The van der Waals surface area contributed by atoms with Crippen LogP contribution in [0.15, 0.2) is 46.9 Å². The number of ether oxygens (including phenoxy) is 2. The van der Waals surface area contributed by atoms with E-state index in [1.165, 1.54) is 18.6 Å². The van der Waals surface area contributed by atoms with E-state index in [-0.39, 0.29) is 5.76 Å². The molecule has 0 radical (unpaired) electrons. The first kappa shape index (κ1) is 17.1. The van der Waals surface area contributed by atoms with Gasteiger partial charge in [-0.2, -0.15) is 0 Å². The van der Waals surface area contributed by atoms with Gasteiger partial charge in [0.05, 0.1) is 0 Å². The molecule has 2 aromatic rings. The Morgan fingerprint density at radius 1 is 1.16 bits per heavy atom. The summed E-state index contributed by atoms with van der Waals surface area (Å²) in [6.45, 7) is 4.46. The number of nitrogens with zero attached hydrogens (tertiary/aromatic N) is 1. The van der Waals surface area contributed by atoms with Crippen molar-refractivity contribution in [2.75, 3.05) is 13.1 Å². The fourth-order valence-electron chi connectivity index (χ4n) is 2.92. The lowest BCUT2D eigenvalue weighted by atomic mass is 9.99. The molecular weight excluding hydrogens is 322 g/mol. The number of carbonyl (C=O) groups excluding carboxylic acids is 2. The van der Waals surface area contributed by atoms with Crippen LogP contribution in [0.25, 0.3) is 0 Å². The van der Waals surface area contributed by atoms with Gasteiger partial charge in [-0.05, 0) is 31.0 Å². The Balaban J connectivity index is 1.49. The molecule has 132 valence electrons. The summed E-state index contributed by atoms with van der Waals surface area (Å²) >= 11 is 0. The molecule has 1 amide bonds. The number of esters is 1. The molecule has 0 spiro atoms. The first-order chi connectivity index (χ1) is 12.0. The smallest absolute Gasteiger partial charge is 0.412 e. The molecule has 25 heavy (non-hydrogen) atoms. The van der Waals surface area contributed by atoms with Crippen molar-refractivity contribution < 1.29 is 23.5 Å². The number of likely N-dealkylation sites (tertiary alicyclic amines) is 1. The number of furan rings is 1. The number of benzene rings is 1. The van der Waals surface area contributed by atoms with Gasteiger partial charge in [-0.3, -0.25) is 0 Å². The van der Waals surface area contributed by atoms with Crippen LogP contribution in [0.4, 0.5) is 4.79 Å². The molecule has 6 heteroatoms. The van der Waals surface area contributed by atoms with Gasteiger partial charge in [-0.25, -0.2) is 9.59 Å². The minimum absolute atomic E-state index is 0.0886. The van der Waals surface area contributed by atoms with Crippen molar-refractivity contribution in [1.82, 2.24) is 4.90 Å². The summed E-state index contributed by atoms with van der Waals surface area (Å²) in [7, 11) is 0. The van der Waals surface area contributed by atoms with E-state index in [0.29, 0.717) is 24.8 Å². The van der Waals surface area contributed by atoms with E-state index >= 15 is 0 Å². The molecule has 1 aliphatic rings. The van der Waals surface area contributed by atoms with Gasteiger partial charge < -0.3 is 18.8 Å². The minimum atomic E-state index is -0.985. The summed E-state index contributed by atoms with van der Waals surface area (Å²) in [6.07, 6.45) is -0.575. The number of rotatable bonds is 4. The first-order valence-corrected chi connectivity index (χ1v) is 8.31. The minimum Gasteiger partial charge on any atom is -0.454 e. The summed E-state index contributed by atoms with van der Waals surface area (Å²) in [5, 5.41) is 0. The second-order valence-electron chi connectivity index (χ2n) is 6.11. The van der Waals surface area contributed by atoms with E-state index in [9.17, 15) is 9.59 Å². The first-order valence-electron chi connectivity index (χ1n) is 8.31. The summed E-state index contributed by atoms with van der Waals surface area (Å²) in [5.74, 6) is 0.348. The Hall–Kier alpha value is -2.76. The van der Waals surface area contributed by atoms with Gasteiger partial charge in [0.25, 0.3) is 0 Å². The van der Waals surface area contributed by atoms with E-state index in [4.69, 9.17) is 13.9 Å². The predicted octanol–water partition coefficient (Wildman–Crippen LogP) is 3.72. The molecule has 6 nitrogen and oxygen atoms in total. The molecule has 1 aromatic heterocycles. The molecule has 1 saturated heterocycles. The molecule has 1 aromatic carbocycles. The molecule has 1 aliphatic heterocycles. The van der Waals surface area contributed by atoms with Crippen LogP contribution < -0.4 is 0 Å². The topological polar surface area (TPSA) is 69.0 Å². The number of hydrogen-bond acceptors (Lipinski definition) is 5. The third-order valence-corrected chi connectivity index (χ3v) is 4.20. The summed E-state index contributed by atoms with van der Waals surface area (Å²) < 4.78 is 15.5. The van der Waals surface area contributed by atoms with Crippen LogP contribution in [-0.4, -0.2) is 36.3 Å². The molecule has 0 N–H and O–H groups in total. The van der Waals surface area contributed by atoms with Crippen molar-refractivity contribution >= 4 is 12.1 Å². The van der Waals surface area contributed by atoms with Gasteiger partial charge >= 0.3 is 12.1 Å². The van der Waals surface area contributed by atoms with Gasteiger partial charge in [0.2, 0.25) is 12.1 Å². The van der Waals surface area contributed by atoms with Gasteiger partial charge in [0.1, 0.15) is 5.76 Å². The Morgan fingerprint density at radius 3 is 2.60 bits per heavy atom. The third-order valence-electron chi connectivity index (χ3n) is 4.20. The van der Waals surface area contributed by atoms with Crippen molar-refractivity contribution in [3.63, 3.8) is 0 Å². The number of aryl methyl sites for hydroxylation is 1. The SMILES string of the molecule is Cc1ccc(C(=O)OC(C)OC(=O)N2CCC(c3ccccc3)C2)o1. The van der Waals surface area contributed by atoms with E-state index in [2.05, 4.69) is 12.1 Å². The fourth-order valence-corrected chi connectivity index (χ4v) is 2.92. The largest absolute Gasteiger partial charge is 0.454 e. The van der Waals surface area contributed by atoms with Crippen LogP contribution in [0.5, 0.6) is 0 Å². The Labute approximate surface area is 146 Å². The Bertz CT molecular complexity index is 739. The average molecular weight is 343 g/mol. The van der Waals surface area contributed by atoms with Crippen molar-refractivity contribution in [1.29, 1.82) is 0 Å². The quantitative estimate of drug-likeness (QED) is 0.625. The van der Waals surface area contributed by atoms with E-state index < -0.39 is 18.4 Å². The molecule has 0 saturated carbocycles. The van der Waals surface area contributed by atoms with Crippen molar-refractivity contribution in [3.05, 3.63) is 59.5 Å². The number of carbonyl (C=O) groups is 2. The third kappa shape index (κ3) is 4.21. The lowest BCUT2D eigenvalue weighted by Crippen LogP contribution is -2.33. The Kier molecular flexibility index (Phi) is 5.07. The Morgan fingerprint density at radius 2 is 1.92 bits per heavy atom. The highest BCUT2D eigenvalue weighted by Gasteiger charge is 2.29. The standard InChI is InChI=1S/C19H21NO5/c1-13-8-9-17(23-13)18(21)24-14(2)25-19(22)20-11-10-16(12-20)15-6-4-3-5-7-15/h3-9,14,16H,10-12H2,1-2H3. The lowest BCUT2D eigenvalue weighted by molar-refractivity contribution is -0.0696. The van der Waals surface area contributed by atoms with E-state index in [0.717, 1.165) is 6.42 Å². The maximum Gasteiger partial charge on any atom is 0.412 e. The van der Waals surface area contributed by atoms with Crippen LogP contribution >= 0.6 is 0 Å². The highest BCUT2D eigenvalue weighted by Crippen LogP contribution is 2.27. The summed E-state index contributed by atoms with van der Waals surface area (Å²) in [6, 6.07) is 13.3. The fraction of sp³-hybridized carbons (Fsp3) is 0.368. The maximum absolute atomic E-state index is 12.2. The molecule has 2 atom stereocenters. The molecule has 1 fully saturated rings. The molecule has 3 rings (SSSR count). The second kappa shape index (κ2) is 7.42. The molecule has 0 bridgehead atoms. The van der Waals surface area contributed by atoms with Crippen molar-refractivity contribution in [2.24, 2.45) is 0 Å². The molecule has 2 heterocycles. The van der Waals surface area contributed by atoms with Gasteiger partial charge in [0, 0.05) is 25.9 Å². The predicted molar refractivity (Wildman–Crippen MR) is 90.2 cm³/mol.